The Labute approximate surface area is 67.1 Å². The van der Waals surface area contributed by atoms with E-state index in [1.54, 1.807) is 7.11 Å². The molecule has 0 atom stereocenters. The van der Waals surface area contributed by atoms with Crippen LogP contribution in [0.5, 0.6) is 0 Å². The number of alkyl halides is 1. The highest BCUT2D eigenvalue weighted by Gasteiger charge is 1.95. The van der Waals surface area contributed by atoms with Gasteiger partial charge in [0.2, 0.25) is 0 Å². The molecule has 0 aliphatic heterocycles. The maximum atomic E-state index is 11.7. The molecule has 0 N–H and O–H groups in total. The Balaban J connectivity index is 2.97. The molecular formula is C7H16FNO2. The number of likely N-dealkylation sites (N-methyl/N-ethyl adjacent to an activating group) is 1. The van der Waals surface area contributed by atoms with E-state index in [0.29, 0.717) is 19.9 Å². The largest absolute Gasteiger partial charge is 0.359 e. The Hall–Kier alpha value is -0.190. The monoisotopic (exact) mass is 164 g/mol. The summed E-state index contributed by atoms with van der Waals surface area (Å²) in [6.07, 6.45) is 0. The van der Waals surface area contributed by atoms with Gasteiger partial charge in [0.25, 0.3) is 0 Å². The Morgan fingerprint density at radius 1 is 1.36 bits per heavy atom. The topological polar surface area (TPSA) is 21.7 Å². The van der Waals surface area contributed by atoms with Crippen molar-refractivity contribution in [1.29, 1.82) is 0 Å². The molecule has 0 bridgehead atoms. The van der Waals surface area contributed by atoms with Gasteiger partial charge in [-0.2, -0.15) is 0 Å². The SMILES string of the molecule is COCOCCN(C)CC[18F]. The van der Waals surface area contributed by atoms with Crippen LogP contribution in [0.1, 0.15) is 0 Å². The molecule has 0 aromatic rings. The van der Waals surface area contributed by atoms with Gasteiger partial charge in [0.15, 0.2) is 0 Å². The number of hydrogen-bond acceptors (Lipinski definition) is 3. The first-order valence-corrected chi connectivity index (χ1v) is 3.62. The second-order valence-corrected chi connectivity index (χ2v) is 2.31. The first kappa shape index (κ1) is 10.8. The third-order valence-corrected chi connectivity index (χ3v) is 1.28. The van der Waals surface area contributed by atoms with E-state index >= 15 is 0 Å². The molecule has 0 unspecified atom stereocenters. The van der Waals surface area contributed by atoms with Gasteiger partial charge in [-0.05, 0) is 7.05 Å². The van der Waals surface area contributed by atoms with Crippen LogP contribution in [-0.4, -0.2) is 52.2 Å². The smallest absolute Gasteiger partial charge is 0.146 e. The molecule has 0 saturated heterocycles. The number of halogens is 1. The molecule has 11 heavy (non-hydrogen) atoms. The maximum Gasteiger partial charge on any atom is 0.146 e. The highest BCUT2D eigenvalue weighted by molar-refractivity contribution is 4.47. The van der Waals surface area contributed by atoms with Crippen LogP contribution in [-0.2, 0) is 9.47 Å². The van der Waals surface area contributed by atoms with Crippen LogP contribution in [0.2, 0.25) is 0 Å². The van der Waals surface area contributed by atoms with E-state index in [2.05, 4.69) is 4.74 Å². The zero-order valence-corrected chi connectivity index (χ0v) is 7.18. The van der Waals surface area contributed by atoms with Crippen LogP contribution in [0, 0.1) is 0 Å². The molecule has 0 rings (SSSR count). The molecular weight excluding hydrogens is 148 g/mol. The first-order chi connectivity index (χ1) is 5.31. The molecule has 0 aliphatic rings. The summed E-state index contributed by atoms with van der Waals surface area (Å²) in [5, 5.41) is 0. The van der Waals surface area contributed by atoms with Crippen LogP contribution in [0.3, 0.4) is 0 Å². The minimum absolute atomic E-state index is 0.305. The lowest BCUT2D eigenvalue weighted by Crippen LogP contribution is -2.25. The predicted molar refractivity (Wildman–Crippen MR) is 41.3 cm³/mol. The molecule has 0 aliphatic carbocycles. The molecule has 0 spiro atoms. The van der Waals surface area contributed by atoms with Crippen molar-refractivity contribution in [3.63, 3.8) is 0 Å². The Morgan fingerprint density at radius 3 is 2.64 bits per heavy atom. The minimum Gasteiger partial charge on any atom is -0.359 e. The summed E-state index contributed by atoms with van der Waals surface area (Å²) in [5.41, 5.74) is 0. The lowest BCUT2D eigenvalue weighted by atomic mass is 10.5. The standard InChI is InChI=1S/C7H16FNO2/c1-9(4-3-8)5-6-11-7-10-2/h3-7H2,1-2H3/i8-1. The molecule has 0 amide bonds. The second-order valence-electron chi connectivity index (χ2n) is 2.31. The van der Waals surface area contributed by atoms with Gasteiger partial charge >= 0.3 is 0 Å². The van der Waals surface area contributed by atoms with Crippen molar-refractivity contribution in [2.75, 3.05) is 47.3 Å². The number of nitrogens with zero attached hydrogens (tertiary/aromatic N) is 1. The normalized spacial score (nSPS) is 10.9. The van der Waals surface area contributed by atoms with E-state index in [1.165, 1.54) is 0 Å². The predicted octanol–water partition coefficient (Wildman–Crippen LogP) is 0.508. The van der Waals surface area contributed by atoms with E-state index in [1.807, 2.05) is 11.9 Å². The minimum atomic E-state index is -0.305. The molecule has 0 aromatic heterocycles. The van der Waals surface area contributed by atoms with Gasteiger partial charge in [0, 0.05) is 20.2 Å². The lowest BCUT2D eigenvalue weighted by Gasteiger charge is -2.13. The van der Waals surface area contributed by atoms with E-state index in [-0.39, 0.29) is 6.67 Å². The average Bonchev–Trinajstić information content (AvgIpc) is 1.99. The van der Waals surface area contributed by atoms with Gasteiger partial charge in [-0.25, -0.2) is 4.39 Å². The fourth-order valence-corrected chi connectivity index (χ4v) is 0.619. The third kappa shape index (κ3) is 7.71. The Kier molecular flexibility index (Phi) is 7.78. The number of rotatable bonds is 7. The highest BCUT2D eigenvalue weighted by atomic mass is 18.2. The van der Waals surface area contributed by atoms with Crippen molar-refractivity contribution in [3.8, 4) is 0 Å². The van der Waals surface area contributed by atoms with Crippen LogP contribution in [0.25, 0.3) is 0 Å². The number of methoxy groups -OCH3 is 1. The zero-order valence-electron chi connectivity index (χ0n) is 7.18. The van der Waals surface area contributed by atoms with E-state index in [9.17, 15) is 4.39 Å². The summed E-state index contributed by atoms with van der Waals surface area (Å²) in [6, 6.07) is 0. The molecule has 0 fully saturated rings. The van der Waals surface area contributed by atoms with Gasteiger partial charge in [-0.1, -0.05) is 0 Å². The summed E-state index contributed by atoms with van der Waals surface area (Å²) < 4.78 is 21.4. The molecule has 0 heterocycles. The van der Waals surface area contributed by atoms with Crippen LogP contribution < -0.4 is 0 Å². The lowest BCUT2D eigenvalue weighted by molar-refractivity contribution is -0.0352. The molecule has 68 valence electrons. The highest BCUT2D eigenvalue weighted by Crippen LogP contribution is 1.83. The van der Waals surface area contributed by atoms with Crippen LogP contribution in [0.4, 0.5) is 4.39 Å². The number of hydrogen-bond donors (Lipinski definition) is 0. The fraction of sp³-hybridized carbons (Fsp3) is 1.00. The van der Waals surface area contributed by atoms with Crippen molar-refractivity contribution < 1.29 is 13.9 Å². The third-order valence-electron chi connectivity index (χ3n) is 1.28. The van der Waals surface area contributed by atoms with E-state index in [0.717, 1.165) is 6.54 Å². The van der Waals surface area contributed by atoms with Gasteiger partial charge in [0.05, 0.1) is 6.61 Å². The van der Waals surface area contributed by atoms with Crippen LogP contribution >= 0.6 is 0 Å². The molecule has 0 radical (unpaired) electrons. The molecule has 0 aromatic carbocycles. The summed E-state index contributed by atoms with van der Waals surface area (Å²) in [6.45, 7) is 1.80. The van der Waals surface area contributed by atoms with Crippen molar-refractivity contribution in [2.24, 2.45) is 0 Å². The van der Waals surface area contributed by atoms with E-state index in [4.69, 9.17) is 4.74 Å². The molecule has 4 heteroatoms. The fourth-order valence-electron chi connectivity index (χ4n) is 0.619. The summed E-state index contributed by atoms with van der Waals surface area (Å²) in [5.74, 6) is 0. The van der Waals surface area contributed by atoms with Gasteiger partial charge in [-0.15, -0.1) is 0 Å². The van der Waals surface area contributed by atoms with E-state index < -0.39 is 0 Å². The van der Waals surface area contributed by atoms with Gasteiger partial charge < -0.3 is 14.4 Å². The maximum absolute atomic E-state index is 11.7. The van der Waals surface area contributed by atoms with Crippen molar-refractivity contribution in [2.45, 2.75) is 0 Å². The van der Waals surface area contributed by atoms with Gasteiger partial charge in [-0.3, -0.25) is 0 Å². The summed E-state index contributed by atoms with van der Waals surface area (Å²) in [4.78, 5) is 1.87. The quantitative estimate of drug-likeness (QED) is 0.404. The average molecular weight is 164 g/mol. The van der Waals surface area contributed by atoms with Crippen molar-refractivity contribution >= 4 is 0 Å². The molecule has 3 nitrogen and oxygen atoms in total. The summed E-state index contributed by atoms with van der Waals surface area (Å²) in [7, 11) is 3.43. The van der Waals surface area contributed by atoms with Crippen LogP contribution in [0.15, 0.2) is 0 Å². The Morgan fingerprint density at radius 2 is 2.09 bits per heavy atom. The van der Waals surface area contributed by atoms with Gasteiger partial charge in [0.1, 0.15) is 13.5 Å². The zero-order chi connectivity index (χ0) is 8.53. The second kappa shape index (κ2) is 7.91. The molecule has 0 saturated carbocycles. The van der Waals surface area contributed by atoms with Crippen molar-refractivity contribution in [1.82, 2.24) is 4.90 Å². The number of ether oxygens (including phenoxy) is 2. The summed E-state index contributed by atoms with van der Waals surface area (Å²) >= 11 is 0. The van der Waals surface area contributed by atoms with Crippen molar-refractivity contribution in [3.05, 3.63) is 0 Å². The Bertz CT molecular complexity index is 82.8. The first-order valence-electron chi connectivity index (χ1n) is 3.62.